The molecule has 8 heteroatoms. The fourth-order valence-electron chi connectivity index (χ4n) is 2.54. The first-order valence-corrected chi connectivity index (χ1v) is 9.43. The molecule has 1 aromatic carbocycles. The highest BCUT2D eigenvalue weighted by atomic mass is 127. The fraction of sp³-hybridized carbons (Fsp3) is 0.474. The highest BCUT2D eigenvalue weighted by Crippen LogP contribution is 2.25. The van der Waals surface area contributed by atoms with Crippen molar-refractivity contribution >= 4 is 41.3 Å². The van der Waals surface area contributed by atoms with Gasteiger partial charge in [-0.3, -0.25) is 4.99 Å². The van der Waals surface area contributed by atoms with Crippen molar-refractivity contribution < 1.29 is 9.47 Å². The molecule has 27 heavy (non-hydrogen) atoms. The third kappa shape index (κ3) is 6.53. The molecule has 150 valence electrons. The molecule has 0 aliphatic rings. The smallest absolute Gasteiger partial charge is 0.194 e. The lowest BCUT2D eigenvalue weighted by Crippen LogP contribution is -2.38. The van der Waals surface area contributed by atoms with E-state index in [9.17, 15) is 0 Å². The van der Waals surface area contributed by atoms with E-state index in [0.29, 0.717) is 19.0 Å². The van der Waals surface area contributed by atoms with Crippen LogP contribution in [-0.2, 0) is 13.1 Å². The van der Waals surface area contributed by atoms with E-state index in [0.717, 1.165) is 33.7 Å². The Hall–Kier alpha value is -1.55. The van der Waals surface area contributed by atoms with Crippen LogP contribution in [-0.4, -0.2) is 44.2 Å². The number of methoxy groups -OCH3 is 2. The number of rotatable bonds is 7. The summed E-state index contributed by atoms with van der Waals surface area (Å²) in [5.74, 6) is 2.84. The first-order chi connectivity index (χ1) is 12.5. The molecule has 1 N–H and O–H groups in total. The molecular formula is C19H29IN4O2S. The third-order valence-corrected chi connectivity index (χ3v) is 5.16. The van der Waals surface area contributed by atoms with Crippen LogP contribution in [0.15, 0.2) is 28.6 Å². The lowest BCUT2D eigenvalue weighted by molar-refractivity contribution is 0.382. The van der Waals surface area contributed by atoms with Gasteiger partial charge in [0.05, 0.1) is 31.5 Å². The van der Waals surface area contributed by atoms with Gasteiger partial charge in [-0.1, -0.05) is 13.8 Å². The maximum atomic E-state index is 5.48. The molecule has 6 nitrogen and oxygen atoms in total. The van der Waals surface area contributed by atoms with Gasteiger partial charge in [-0.05, 0) is 12.1 Å². The molecule has 1 aromatic heterocycles. The van der Waals surface area contributed by atoms with Crippen LogP contribution < -0.4 is 14.8 Å². The molecule has 0 bridgehead atoms. The average Bonchev–Trinajstić information content (AvgIpc) is 3.12. The van der Waals surface area contributed by atoms with Gasteiger partial charge in [0.1, 0.15) is 11.5 Å². The van der Waals surface area contributed by atoms with Gasteiger partial charge in [-0.15, -0.1) is 35.3 Å². The zero-order chi connectivity index (χ0) is 19.1. The number of ether oxygens (including phenoxy) is 2. The molecule has 0 spiro atoms. The number of halogens is 1. The number of aromatic nitrogens is 1. The number of aliphatic imine (C=N–C) groups is 1. The van der Waals surface area contributed by atoms with Crippen molar-refractivity contribution in [1.82, 2.24) is 15.2 Å². The Morgan fingerprint density at radius 3 is 2.59 bits per heavy atom. The Morgan fingerprint density at radius 2 is 2.04 bits per heavy atom. The van der Waals surface area contributed by atoms with Gasteiger partial charge in [-0.25, -0.2) is 4.98 Å². The number of hydrogen-bond acceptors (Lipinski definition) is 5. The fourth-order valence-corrected chi connectivity index (χ4v) is 3.37. The molecule has 0 saturated heterocycles. The molecule has 0 aliphatic heterocycles. The normalized spacial score (nSPS) is 11.1. The number of thiazole rings is 1. The van der Waals surface area contributed by atoms with Crippen molar-refractivity contribution in [1.29, 1.82) is 0 Å². The molecule has 0 unspecified atom stereocenters. The topological polar surface area (TPSA) is 59.0 Å². The van der Waals surface area contributed by atoms with Crippen molar-refractivity contribution in [3.63, 3.8) is 0 Å². The molecule has 1 heterocycles. The lowest BCUT2D eigenvalue weighted by Gasteiger charge is -2.23. The van der Waals surface area contributed by atoms with E-state index in [2.05, 4.69) is 39.4 Å². The molecule has 0 saturated carbocycles. The van der Waals surface area contributed by atoms with Gasteiger partial charge in [0, 0.05) is 43.6 Å². The maximum absolute atomic E-state index is 5.48. The van der Waals surface area contributed by atoms with Crippen LogP contribution in [0, 0.1) is 0 Å². The molecule has 0 aliphatic carbocycles. The van der Waals surface area contributed by atoms with Crippen LogP contribution in [0.1, 0.15) is 36.0 Å². The first-order valence-electron chi connectivity index (χ1n) is 8.55. The van der Waals surface area contributed by atoms with Crippen molar-refractivity contribution in [2.75, 3.05) is 28.3 Å². The second-order valence-corrected chi connectivity index (χ2v) is 7.16. The van der Waals surface area contributed by atoms with Crippen LogP contribution >= 0.6 is 35.3 Å². The van der Waals surface area contributed by atoms with Gasteiger partial charge in [-0.2, -0.15) is 0 Å². The largest absolute Gasteiger partial charge is 0.497 e. The van der Waals surface area contributed by atoms with Crippen LogP contribution in [0.25, 0.3) is 0 Å². The Balaban J connectivity index is 0.00000364. The molecule has 0 radical (unpaired) electrons. The Kier molecular flexibility index (Phi) is 9.86. The number of hydrogen-bond donors (Lipinski definition) is 1. The second kappa shape index (κ2) is 11.3. The summed E-state index contributed by atoms with van der Waals surface area (Å²) in [5, 5.41) is 6.63. The van der Waals surface area contributed by atoms with Crippen molar-refractivity contribution in [3.05, 3.63) is 39.8 Å². The SMILES string of the molecule is CN=C(NCc1csc(C(C)C)n1)N(C)Cc1ccc(OC)cc1OC.I. The van der Waals surface area contributed by atoms with Gasteiger partial charge < -0.3 is 19.7 Å². The van der Waals surface area contributed by atoms with Crippen LogP contribution in [0.2, 0.25) is 0 Å². The molecule has 0 amide bonds. The second-order valence-electron chi connectivity index (χ2n) is 6.27. The minimum atomic E-state index is 0. The summed E-state index contributed by atoms with van der Waals surface area (Å²) in [5.41, 5.74) is 2.10. The standard InChI is InChI=1S/C19H28N4O2S.HI/c1-13(2)18-22-15(12-26-18)10-21-19(20-3)23(4)11-14-7-8-16(24-5)9-17(14)25-6;/h7-9,12-13H,10-11H2,1-6H3,(H,20,21);1H. The van der Waals surface area contributed by atoms with Crippen molar-refractivity contribution in [2.45, 2.75) is 32.9 Å². The van der Waals surface area contributed by atoms with E-state index in [1.165, 1.54) is 0 Å². The summed E-state index contributed by atoms with van der Waals surface area (Å²) in [4.78, 5) is 11.1. The predicted octanol–water partition coefficient (Wildman–Crippen LogP) is 4.11. The van der Waals surface area contributed by atoms with Gasteiger partial charge in [0.15, 0.2) is 5.96 Å². The molecule has 2 aromatic rings. The minimum absolute atomic E-state index is 0. The molecular weight excluding hydrogens is 475 g/mol. The van der Waals surface area contributed by atoms with E-state index in [4.69, 9.17) is 9.47 Å². The number of benzene rings is 1. The molecule has 0 atom stereocenters. The average molecular weight is 504 g/mol. The maximum Gasteiger partial charge on any atom is 0.194 e. The summed E-state index contributed by atoms with van der Waals surface area (Å²) in [6.07, 6.45) is 0. The van der Waals surface area contributed by atoms with Crippen molar-refractivity contribution in [3.8, 4) is 11.5 Å². The minimum Gasteiger partial charge on any atom is -0.497 e. The van der Waals surface area contributed by atoms with E-state index in [1.54, 1.807) is 32.6 Å². The summed E-state index contributed by atoms with van der Waals surface area (Å²) < 4.78 is 10.7. The molecule has 2 rings (SSSR count). The zero-order valence-corrected chi connectivity index (χ0v) is 19.9. The van der Waals surface area contributed by atoms with E-state index < -0.39 is 0 Å². The third-order valence-electron chi connectivity index (χ3n) is 3.97. The quantitative estimate of drug-likeness (QED) is 0.350. The highest BCUT2D eigenvalue weighted by Gasteiger charge is 2.12. The summed E-state index contributed by atoms with van der Waals surface area (Å²) in [6, 6.07) is 5.84. The Labute approximate surface area is 183 Å². The lowest BCUT2D eigenvalue weighted by atomic mass is 10.2. The zero-order valence-electron chi connectivity index (χ0n) is 16.8. The van der Waals surface area contributed by atoms with Gasteiger partial charge >= 0.3 is 0 Å². The first kappa shape index (κ1) is 23.5. The summed E-state index contributed by atoms with van der Waals surface area (Å²) in [7, 11) is 7.10. The predicted molar refractivity (Wildman–Crippen MR) is 123 cm³/mol. The van der Waals surface area contributed by atoms with Crippen LogP contribution in [0.4, 0.5) is 0 Å². The number of guanidine groups is 1. The van der Waals surface area contributed by atoms with E-state index in [1.807, 2.05) is 25.2 Å². The summed E-state index contributed by atoms with van der Waals surface area (Å²) >= 11 is 1.70. The van der Waals surface area contributed by atoms with Gasteiger partial charge in [0.25, 0.3) is 0 Å². The number of nitrogens with zero attached hydrogens (tertiary/aromatic N) is 3. The highest BCUT2D eigenvalue weighted by molar-refractivity contribution is 14.0. The number of nitrogens with one attached hydrogen (secondary N) is 1. The molecule has 0 fully saturated rings. The van der Waals surface area contributed by atoms with Crippen LogP contribution in [0.3, 0.4) is 0 Å². The Morgan fingerprint density at radius 1 is 1.30 bits per heavy atom. The van der Waals surface area contributed by atoms with Crippen molar-refractivity contribution in [2.24, 2.45) is 4.99 Å². The van der Waals surface area contributed by atoms with E-state index in [-0.39, 0.29) is 24.0 Å². The Bertz CT molecular complexity index is 749. The monoisotopic (exact) mass is 504 g/mol. The summed E-state index contributed by atoms with van der Waals surface area (Å²) in [6.45, 7) is 5.64. The van der Waals surface area contributed by atoms with Crippen LogP contribution in [0.5, 0.6) is 11.5 Å². The van der Waals surface area contributed by atoms with E-state index >= 15 is 0 Å². The van der Waals surface area contributed by atoms with Gasteiger partial charge in [0.2, 0.25) is 0 Å².